The molecule has 0 bridgehead atoms. The van der Waals surface area contributed by atoms with Gasteiger partial charge in [0.15, 0.2) is 0 Å². The van der Waals surface area contributed by atoms with Crippen molar-refractivity contribution in [1.29, 1.82) is 0 Å². The number of carbonyl (C=O) groups excluding carboxylic acids is 3. The molecule has 0 saturated heterocycles. The second-order valence-electron chi connectivity index (χ2n) is 12.1. The topological polar surface area (TPSA) is 78.9 Å². The van der Waals surface area contributed by atoms with E-state index >= 15 is 0 Å². The van der Waals surface area contributed by atoms with E-state index in [1.54, 1.807) is 26.8 Å². The van der Waals surface area contributed by atoms with Gasteiger partial charge in [-0.05, 0) is 0 Å². The van der Waals surface area contributed by atoms with Crippen molar-refractivity contribution in [3.05, 3.63) is 0 Å². The number of hydrogen-bond donors (Lipinski definition) is 0. The third kappa shape index (κ3) is 25.4. The number of ether oxygens (including phenoxy) is 3. The van der Waals surface area contributed by atoms with Crippen LogP contribution in [0.15, 0.2) is 0 Å². The Hall–Kier alpha value is 0.259. The first-order chi connectivity index (χ1) is 21.1. The van der Waals surface area contributed by atoms with Crippen molar-refractivity contribution < 1.29 is 28.6 Å². The summed E-state index contributed by atoms with van der Waals surface area (Å²) in [6.45, 7) is 14.7. The van der Waals surface area contributed by atoms with E-state index in [9.17, 15) is 14.4 Å². The molecule has 0 aliphatic rings. The Balaban J connectivity index is 5.33. The quantitative estimate of drug-likeness (QED) is 0.0306. The predicted molar refractivity (Wildman–Crippen MR) is 196 cm³/mol. The van der Waals surface area contributed by atoms with E-state index in [2.05, 4.69) is 27.7 Å². The summed E-state index contributed by atoms with van der Waals surface area (Å²) >= 11 is -3.37. The zero-order valence-electron chi connectivity index (χ0n) is 29.3. The van der Waals surface area contributed by atoms with Crippen molar-refractivity contribution >= 4 is 59.0 Å². The van der Waals surface area contributed by atoms with Gasteiger partial charge in [0.25, 0.3) is 0 Å². The molecule has 0 N–H and O–H groups in total. The second-order valence-corrected chi connectivity index (χ2v) is 45.8. The van der Waals surface area contributed by atoms with E-state index in [4.69, 9.17) is 14.2 Å². The van der Waals surface area contributed by atoms with Crippen molar-refractivity contribution in [2.45, 2.75) is 180 Å². The third-order valence-corrected chi connectivity index (χ3v) is 46.0. The van der Waals surface area contributed by atoms with E-state index in [1.165, 1.54) is 38.5 Å². The summed E-state index contributed by atoms with van der Waals surface area (Å²) in [7, 11) is 5.09. The van der Waals surface area contributed by atoms with Gasteiger partial charge in [0, 0.05) is 0 Å². The summed E-state index contributed by atoms with van der Waals surface area (Å²) in [6, 6.07) is 0. The number of hydrogen-bond acceptors (Lipinski definition) is 9. The SMILES string of the molecule is CCCCCCC(C)OC(=O)C[S][Sn]([CH2]CCC)([S]CC(=O)OC(C)CCCCCC)[S]CC(=O)OC(C)CCCCCC. The fraction of sp³-hybridized carbons (Fsp3) is 0.912. The van der Waals surface area contributed by atoms with Crippen molar-refractivity contribution in [3.8, 4) is 0 Å². The molecule has 0 fully saturated rings. The molecule has 0 saturated carbocycles. The summed E-state index contributed by atoms with van der Waals surface area (Å²) in [5, 5.41) is 0. The molecular formula is C34H66O6S3Sn. The van der Waals surface area contributed by atoms with Crippen LogP contribution in [-0.4, -0.2) is 67.7 Å². The Bertz CT molecular complexity index is 653. The summed E-state index contributed by atoms with van der Waals surface area (Å²) in [6.07, 6.45) is 18.3. The first-order valence-electron chi connectivity index (χ1n) is 17.6. The summed E-state index contributed by atoms with van der Waals surface area (Å²) < 4.78 is 18.3. The fourth-order valence-corrected chi connectivity index (χ4v) is 38.5. The van der Waals surface area contributed by atoms with Crippen LogP contribution in [0.5, 0.6) is 0 Å². The molecule has 44 heavy (non-hydrogen) atoms. The minimum atomic E-state index is -3.37. The summed E-state index contributed by atoms with van der Waals surface area (Å²) in [5.74, 6) is 0.232. The van der Waals surface area contributed by atoms with Crippen LogP contribution < -0.4 is 0 Å². The van der Waals surface area contributed by atoms with Crippen LogP contribution in [0.1, 0.15) is 158 Å². The van der Waals surface area contributed by atoms with Gasteiger partial charge in [0.05, 0.1) is 0 Å². The monoisotopic (exact) mass is 786 g/mol. The van der Waals surface area contributed by atoms with Gasteiger partial charge >= 0.3 is 285 Å². The van der Waals surface area contributed by atoms with E-state index in [0.29, 0.717) is 0 Å². The Morgan fingerprint density at radius 2 is 0.773 bits per heavy atom. The first-order valence-corrected chi connectivity index (χ1v) is 33.1. The molecule has 0 heterocycles. The molecule has 3 unspecified atom stereocenters. The second kappa shape index (κ2) is 29.4. The number of unbranched alkanes of at least 4 members (excludes halogenated alkanes) is 10. The van der Waals surface area contributed by atoms with Gasteiger partial charge in [-0.1, -0.05) is 0 Å². The normalized spacial score (nSPS) is 14.8. The maximum atomic E-state index is 12.9. The standard InChI is InChI=1S/3C10H20O2S.C4H9.Sn/c3*1-3-4-5-6-7-9(2)12-10(11)8-13;1-3-4-2;/h3*9,13H,3-8H2,1-2H3;1,3-4H2,2H3;/q;;;;+3/p-3. The average molecular weight is 786 g/mol. The van der Waals surface area contributed by atoms with Gasteiger partial charge in [-0.2, -0.15) is 0 Å². The number of rotatable bonds is 30. The molecule has 260 valence electrons. The molecule has 3 atom stereocenters. The van der Waals surface area contributed by atoms with Crippen LogP contribution in [-0.2, 0) is 28.6 Å². The minimum absolute atomic E-state index is 0.0944. The summed E-state index contributed by atoms with van der Waals surface area (Å²) in [5.41, 5.74) is 0. The molecule has 0 aromatic heterocycles. The Morgan fingerprint density at radius 1 is 0.477 bits per heavy atom. The molecule has 0 rings (SSSR count). The third-order valence-electron chi connectivity index (χ3n) is 7.46. The van der Waals surface area contributed by atoms with E-state index in [1.807, 2.05) is 20.8 Å². The Kier molecular flexibility index (Phi) is 29.6. The van der Waals surface area contributed by atoms with Crippen LogP contribution >= 0.6 is 26.8 Å². The van der Waals surface area contributed by atoms with Gasteiger partial charge in [-0.15, -0.1) is 0 Å². The molecule has 0 spiro atoms. The fourth-order valence-electron chi connectivity index (χ4n) is 4.77. The Morgan fingerprint density at radius 3 is 1.05 bits per heavy atom. The zero-order chi connectivity index (χ0) is 33.1. The molecule has 0 aromatic rings. The molecule has 10 heteroatoms. The van der Waals surface area contributed by atoms with E-state index < -0.39 is 14.2 Å². The Labute approximate surface area is 283 Å². The molecule has 0 aliphatic heterocycles. The molecule has 0 amide bonds. The van der Waals surface area contributed by atoms with Crippen molar-refractivity contribution in [3.63, 3.8) is 0 Å². The van der Waals surface area contributed by atoms with Crippen molar-refractivity contribution in [2.75, 3.05) is 17.3 Å². The van der Waals surface area contributed by atoms with Gasteiger partial charge < -0.3 is 0 Å². The molecule has 0 aliphatic carbocycles. The predicted octanol–water partition coefficient (Wildman–Crippen LogP) is 10.6. The van der Waals surface area contributed by atoms with Crippen LogP contribution in [0.4, 0.5) is 0 Å². The molecular weight excluding hydrogens is 719 g/mol. The number of esters is 3. The van der Waals surface area contributed by atoms with E-state index in [0.717, 1.165) is 75.1 Å². The molecule has 6 nitrogen and oxygen atoms in total. The van der Waals surface area contributed by atoms with Crippen molar-refractivity contribution in [1.82, 2.24) is 0 Å². The van der Waals surface area contributed by atoms with Crippen molar-refractivity contribution in [2.24, 2.45) is 0 Å². The average Bonchev–Trinajstić information content (AvgIpc) is 2.99. The van der Waals surface area contributed by atoms with Crippen LogP contribution in [0.25, 0.3) is 0 Å². The maximum absolute atomic E-state index is 12.9. The van der Waals surface area contributed by atoms with Gasteiger partial charge in [0.2, 0.25) is 0 Å². The molecule has 0 aromatic carbocycles. The summed E-state index contributed by atoms with van der Waals surface area (Å²) in [4.78, 5) is 38.7. The molecule has 0 radical (unpaired) electrons. The van der Waals surface area contributed by atoms with Crippen LogP contribution in [0.3, 0.4) is 0 Å². The van der Waals surface area contributed by atoms with Crippen LogP contribution in [0.2, 0.25) is 4.44 Å². The van der Waals surface area contributed by atoms with E-state index in [-0.39, 0.29) is 53.5 Å². The van der Waals surface area contributed by atoms with Gasteiger partial charge in [0.1, 0.15) is 0 Å². The first kappa shape index (κ1) is 44.3. The van der Waals surface area contributed by atoms with Gasteiger partial charge in [-0.25, -0.2) is 0 Å². The van der Waals surface area contributed by atoms with Gasteiger partial charge in [-0.3, -0.25) is 0 Å². The zero-order valence-corrected chi connectivity index (χ0v) is 34.6. The van der Waals surface area contributed by atoms with Crippen LogP contribution in [0, 0.1) is 0 Å². The number of carbonyl (C=O) groups is 3.